The molecule has 6 rings (SSSR count). The molecular formula is C61H101NO13SSi3. The number of fused-ring (bicyclic) bond motifs is 6. The number of amides is 1. The SMILES string of the molecule is CC[Si](CC)(CC)O[C@@H]1C(=O)[C@]2(C)[C@@H](O[Si](CC)(CC)CC)C[C@H]3OC[C@]3(OC(C)=O)[C@H]2[C@H]2OC(=O)CCCCCSCCCCCC(=O)N[C@H](c3ccccc3)[C@H](O[Si](C)(C)C(C)(C)C)C(=O)O[C@H]3C[C@]2(O)C(C)(C)C1=C3C. The van der Waals surface area contributed by atoms with E-state index in [2.05, 4.69) is 80.7 Å². The lowest BCUT2D eigenvalue weighted by Crippen LogP contribution is -2.82. The van der Waals surface area contributed by atoms with Crippen molar-refractivity contribution in [3.63, 3.8) is 0 Å². The Morgan fingerprint density at radius 1 is 0.797 bits per heavy atom. The quantitative estimate of drug-likeness (QED) is 0.0777. The number of nitrogens with one attached hydrogen (secondary N) is 1. The lowest BCUT2D eigenvalue weighted by atomic mass is 9.44. The third-order valence-electron chi connectivity index (χ3n) is 20.4. The molecule has 5 aliphatic rings. The molecule has 14 nitrogen and oxygen atoms in total. The minimum absolute atomic E-state index is 0.0465. The molecule has 3 aliphatic carbocycles. The number of rotatable bonds is 14. The lowest BCUT2D eigenvalue weighted by Gasteiger charge is -2.68. The maximum Gasteiger partial charge on any atom is 0.337 e. The van der Waals surface area contributed by atoms with Crippen LogP contribution in [-0.2, 0) is 56.2 Å². The highest BCUT2D eigenvalue weighted by atomic mass is 32.2. The highest BCUT2D eigenvalue weighted by molar-refractivity contribution is 7.99. The van der Waals surface area contributed by atoms with E-state index >= 15 is 9.59 Å². The number of benzene rings is 1. The summed E-state index contributed by atoms with van der Waals surface area (Å²) < 4.78 is 49.5. The van der Waals surface area contributed by atoms with Gasteiger partial charge in [0.15, 0.2) is 42.4 Å². The van der Waals surface area contributed by atoms with Crippen molar-refractivity contribution in [3.8, 4) is 0 Å². The molecule has 0 spiro atoms. The lowest BCUT2D eigenvalue weighted by molar-refractivity contribution is -0.346. The van der Waals surface area contributed by atoms with Gasteiger partial charge in [-0.25, -0.2) is 4.79 Å². The minimum Gasteiger partial charge on any atom is -0.459 e. The summed E-state index contributed by atoms with van der Waals surface area (Å²) in [5, 5.41) is 17.6. The van der Waals surface area contributed by atoms with E-state index in [0.29, 0.717) is 47.7 Å². The zero-order valence-electron chi connectivity index (χ0n) is 51.2. The van der Waals surface area contributed by atoms with Gasteiger partial charge in [0.2, 0.25) is 5.91 Å². The van der Waals surface area contributed by atoms with Gasteiger partial charge in [0, 0.05) is 38.0 Å². The first-order valence-corrected chi connectivity index (χ1v) is 39.3. The molecule has 1 aromatic carbocycles. The molecule has 1 aromatic rings. The van der Waals surface area contributed by atoms with E-state index in [1.165, 1.54) is 6.92 Å². The Kier molecular flexibility index (Phi) is 21.6. The second kappa shape index (κ2) is 26.1. The van der Waals surface area contributed by atoms with E-state index in [4.69, 9.17) is 32.2 Å². The van der Waals surface area contributed by atoms with Crippen molar-refractivity contribution in [1.29, 1.82) is 0 Å². The number of hydrogen-bond acceptors (Lipinski definition) is 14. The van der Waals surface area contributed by atoms with E-state index in [1.807, 2.05) is 69.8 Å². The molecule has 3 bridgehead atoms. The number of thioether (sulfide) groups is 1. The van der Waals surface area contributed by atoms with Crippen LogP contribution < -0.4 is 5.32 Å². The van der Waals surface area contributed by atoms with Gasteiger partial charge in [-0.2, -0.15) is 11.8 Å². The Hall–Kier alpha value is -2.69. The predicted molar refractivity (Wildman–Crippen MR) is 319 cm³/mol. The summed E-state index contributed by atoms with van der Waals surface area (Å²) in [5.74, 6) is -1.79. The average Bonchev–Trinajstić information content (AvgIpc) is 3.20. The molecule has 18 heteroatoms. The second-order valence-electron chi connectivity index (χ2n) is 26.0. The van der Waals surface area contributed by atoms with Crippen molar-refractivity contribution in [2.45, 2.75) is 269 Å². The molecule has 0 radical (unpaired) electrons. The number of esters is 3. The maximum absolute atomic E-state index is 17.2. The molecular weight excluding hydrogens is 1070 g/mol. The molecule has 2 aliphatic heterocycles. The van der Waals surface area contributed by atoms with Gasteiger partial charge < -0.3 is 42.6 Å². The molecule has 79 heavy (non-hydrogen) atoms. The zero-order chi connectivity index (χ0) is 58.6. The predicted octanol–water partition coefficient (Wildman–Crippen LogP) is 12.5. The van der Waals surface area contributed by atoms with Crippen LogP contribution in [0, 0.1) is 16.7 Å². The molecule has 2 saturated carbocycles. The smallest absolute Gasteiger partial charge is 0.337 e. The summed E-state index contributed by atoms with van der Waals surface area (Å²) >= 11 is 1.86. The van der Waals surface area contributed by atoms with Gasteiger partial charge >= 0.3 is 17.9 Å². The van der Waals surface area contributed by atoms with Crippen LogP contribution in [0.1, 0.15) is 173 Å². The summed E-state index contributed by atoms with van der Waals surface area (Å²) in [6.07, 6.45) is -2.04. The number of Topliss-reactive ketones (excluding diaryl/α,β-unsaturated/α-hetero) is 1. The van der Waals surface area contributed by atoms with Crippen LogP contribution in [0.4, 0.5) is 0 Å². The van der Waals surface area contributed by atoms with Crippen molar-refractivity contribution in [2.24, 2.45) is 16.7 Å². The van der Waals surface area contributed by atoms with Crippen LogP contribution in [0.25, 0.3) is 0 Å². The van der Waals surface area contributed by atoms with Gasteiger partial charge in [0.25, 0.3) is 0 Å². The Balaban J connectivity index is 1.70. The number of carbonyl (C=O) groups excluding carboxylic acids is 5. The van der Waals surface area contributed by atoms with Crippen molar-refractivity contribution in [1.82, 2.24) is 5.32 Å². The molecule has 2 saturated heterocycles. The Morgan fingerprint density at radius 3 is 1.90 bits per heavy atom. The fraction of sp³-hybridized carbons (Fsp3) is 0.787. The van der Waals surface area contributed by atoms with Crippen molar-refractivity contribution < 1.29 is 61.3 Å². The van der Waals surface area contributed by atoms with Gasteiger partial charge in [-0.1, -0.05) is 119 Å². The first-order chi connectivity index (χ1) is 37.1. The number of hydrogen-bond donors (Lipinski definition) is 2. The van der Waals surface area contributed by atoms with Gasteiger partial charge in [-0.3, -0.25) is 19.2 Å². The van der Waals surface area contributed by atoms with E-state index in [9.17, 15) is 19.5 Å². The fourth-order valence-electron chi connectivity index (χ4n) is 13.6. The normalized spacial score (nSPS) is 33.0. The highest BCUT2D eigenvalue weighted by Crippen LogP contribution is 2.65. The molecule has 0 unspecified atom stereocenters. The van der Waals surface area contributed by atoms with Gasteiger partial charge in [-0.15, -0.1) is 0 Å². The average molecular weight is 1170 g/mol. The van der Waals surface area contributed by atoms with Crippen LogP contribution in [0.3, 0.4) is 0 Å². The van der Waals surface area contributed by atoms with Gasteiger partial charge in [0.05, 0.1) is 30.1 Å². The van der Waals surface area contributed by atoms with Crippen LogP contribution in [0.15, 0.2) is 41.5 Å². The second-order valence-corrected chi connectivity index (χ2v) is 41.4. The van der Waals surface area contributed by atoms with E-state index < -0.39 is 113 Å². The van der Waals surface area contributed by atoms with Crippen LogP contribution in [-0.4, -0.2) is 126 Å². The first-order valence-electron chi connectivity index (χ1n) is 30.2. The van der Waals surface area contributed by atoms with E-state index in [-0.39, 0.29) is 49.0 Å². The number of aliphatic hydroxyl groups is 1. The number of ether oxygens (including phenoxy) is 4. The maximum atomic E-state index is 17.2. The summed E-state index contributed by atoms with van der Waals surface area (Å²) in [7, 11) is -8.22. The largest absolute Gasteiger partial charge is 0.459 e. The molecule has 4 fully saturated rings. The summed E-state index contributed by atoms with van der Waals surface area (Å²) in [6, 6.07) is 12.8. The Labute approximate surface area is 481 Å². The van der Waals surface area contributed by atoms with Crippen LogP contribution >= 0.6 is 11.8 Å². The van der Waals surface area contributed by atoms with Crippen molar-refractivity contribution in [2.75, 3.05) is 18.1 Å². The van der Waals surface area contributed by atoms with Crippen molar-refractivity contribution in [3.05, 3.63) is 47.0 Å². The van der Waals surface area contributed by atoms with Crippen LogP contribution in [0.5, 0.6) is 0 Å². The third kappa shape index (κ3) is 13.0. The number of carbonyl (C=O) groups is 5. The Bertz CT molecular complexity index is 2320. The minimum atomic E-state index is -2.86. The molecule has 2 heterocycles. The summed E-state index contributed by atoms with van der Waals surface area (Å²) in [4.78, 5) is 76.1. The van der Waals surface area contributed by atoms with Gasteiger partial charge in [-0.05, 0) is 122 Å². The molecule has 11 atom stereocenters. The molecule has 1 amide bonds. The molecule has 2 N–H and O–H groups in total. The molecule has 446 valence electrons. The van der Waals surface area contributed by atoms with Gasteiger partial charge in [0.1, 0.15) is 30.0 Å². The zero-order valence-corrected chi connectivity index (χ0v) is 55.0. The fourth-order valence-corrected chi connectivity index (χ4v) is 21.5. The standard InChI is InChI=1S/C61H101NO13SSi3/c1-17-78(18-2,19-3)73-45-38-46-60(40-69-46,72-42(8)63)53-55-61(68)39-44(41(7)49(58(61,12)13)51(54(66)59(45,53)14)75-79(20-4,21-5)22-6)70-56(67)52(74-77(15,16)57(9,10)11)50(43-32-26-23-27-33-43)62-47(64)34-28-24-30-36-76-37-31-25-29-35-48(65)71-55/h23,26-27,32-33,44-46,50-53,55,68H,17-22,24-25,28-31,34-40H2,1-16H3,(H,62,64)/t44-,45-,46+,50+,51-,52-,53-,55+,59+,60+,61+/m0/s1. The monoisotopic (exact) mass is 1170 g/mol. The highest BCUT2D eigenvalue weighted by Gasteiger charge is 2.79. The van der Waals surface area contributed by atoms with Crippen molar-refractivity contribution >= 4 is 66.3 Å². The van der Waals surface area contributed by atoms with Crippen LogP contribution in [0.2, 0.25) is 54.4 Å². The van der Waals surface area contributed by atoms with E-state index in [1.54, 1.807) is 0 Å². The topological polar surface area (TPSA) is 182 Å². The molecule has 0 aromatic heterocycles. The first kappa shape index (κ1) is 65.5. The third-order valence-corrected chi connectivity index (χ3v) is 35.2. The Morgan fingerprint density at radius 2 is 1.37 bits per heavy atom. The van der Waals surface area contributed by atoms with E-state index in [0.717, 1.165) is 55.3 Å². The summed E-state index contributed by atoms with van der Waals surface area (Å²) in [5.41, 5.74) is -5.04. The summed E-state index contributed by atoms with van der Waals surface area (Å²) in [6.45, 7) is 31.9. The number of ketones is 1.